The lowest BCUT2D eigenvalue weighted by atomic mass is 10.1. The summed E-state index contributed by atoms with van der Waals surface area (Å²) in [5.74, 6) is -0.100. The molecule has 1 aliphatic heterocycles. The molecule has 3 N–H and O–H groups in total. The van der Waals surface area contributed by atoms with E-state index in [0.717, 1.165) is 6.42 Å². The Balaban J connectivity index is 2.01. The van der Waals surface area contributed by atoms with E-state index in [4.69, 9.17) is 5.73 Å². The second-order valence-electron chi connectivity index (χ2n) is 5.52. The molecule has 0 aromatic heterocycles. The molecular formula is C15H21N3O2. The number of amides is 2. The Morgan fingerprint density at radius 1 is 1.30 bits per heavy atom. The molecule has 1 aromatic rings. The quantitative estimate of drug-likeness (QED) is 0.876. The van der Waals surface area contributed by atoms with Crippen molar-refractivity contribution in [2.75, 3.05) is 18.4 Å². The lowest BCUT2D eigenvalue weighted by molar-refractivity contribution is -0.118. The predicted molar refractivity (Wildman–Crippen MR) is 78.4 cm³/mol. The van der Waals surface area contributed by atoms with Crippen LogP contribution in [0.15, 0.2) is 24.3 Å². The molecule has 2 rings (SSSR count). The van der Waals surface area contributed by atoms with Gasteiger partial charge in [-0.25, -0.2) is 0 Å². The van der Waals surface area contributed by atoms with Crippen molar-refractivity contribution in [2.24, 2.45) is 11.7 Å². The van der Waals surface area contributed by atoms with E-state index in [1.165, 1.54) is 0 Å². The number of nitrogens with zero attached hydrogens (tertiary/aromatic N) is 1. The summed E-state index contributed by atoms with van der Waals surface area (Å²) in [7, 11) is 0. The summed E-state index contributed by atoms with van der Waals surface area (Å²) >= 11 is 0. The second-order valence-corrected chi connectivity index (χ2v) is 5.52. The monoisotopic (exact) mass is 275 g/mol. The van der Waals surface area contributed by atoms with Gasteiger partial charge in [0, 0.05) is 36.3 Å². The molecule has 0 spiro atoms. The first kappa shape index (κ1) is 14.5. The Hall–Kier alpha value is -1.88. The maximum atomic E-state index is 12.2. The van der Waals surface area contributed by atoms with Gasteiger partial charge in [-0.05, 0) is 30.7 Å². The summed E-state index contributed by atoms with van der Waals surface area (Å²) in [4.78, 5) is 25.6. The first-order valence-electron chi connectivity index (χ1n) is 6.93. The smallest absolute Gasteiger partial charge is 0.253 e. The molecule has 0 saturated carbocycles. The number of nitrogens with one attached hydrogen (secondary N) is 1. The van der Waals surface area contributed by atoms with Crippen molar-refractivity contribution >= 4 is 17.5 Å². The fourth-order valence-corrected chi connectivity index (χ4v) is 2.14. The normalized spacial score (nSPS) is 18.4. The minimum Gasteiger partial charge on any atom is -0.337 e. The van der Waals surface area contributed by atoms with Gasteiger partial charge in [0.05, 0.1) is 0 Å². The Labute approximate surface area is 119 Å². The summed E-state index contributed by atoms with van der Waals surface area (Å²) in [5.41, 5.74) is 7.14. The van der Waals surface area contributed by atoms with E-state index in [1.54, 1.807) is 29.2 Å². The fourth-order valence-electron chi connectivity index (χ4n) is 2.14. The minimum atomic E-state index is -0.0672. The highest BCUT2D eigenvalue weighted by Gasteiger charge is 2.24. The van der Waals surface area contributed by atoms with E-state index in [-0.39, 0.29) is 23.8 Å². The largest absolute Gasteiger partial charge is 0.337 e. The van der Waals surface area contributed by atoms with Gasteiger partial charge in [0.25, 0.3) is 5.91 Å². The molecule has 1 saturated heterocycles. The Kier molecular flexibility index (Phi) is 4.39. The molecule has 0 bridgehead atoms. The maximum absolute atomic E-state index is 12.2. The third kappa shape index (κ3) is 3.36. The molecule has 20 heavy (non-hydrogen) atoms. The molecule has 0 radical (unpaired) electrons. The van der Waals surface area contributed by atoms with Gasteiger partial charge < -0.3 is 16.0 Å². The number of hydrogen-bond donors (Lipinski definition) is 2. The molecule has 1 heterocycles. The lowest BCUT2D eigenvalue weighted by Gasteiger charge is -2.16. The van der Waals surface area contributed by atoms with E-state index in [0.29, 0.717) is 24.3 Å². The van der Waals surface area contributed by atoms with E-state index in [1.807, 2.05) is 13.8 Å². The van der Waals surface area contributed by atoms with Gasteiger partial charge >= 0.3 is 0 Å². The molecule has 5 heteroatoms. The predicted octanol–water partition coefficient (Wildman–Crippen LogP) is 1.45. The van der Waals surface area contributed by atoms with Crippen molar-refractivity contribution in [2.45, 2.75) is 26.3 Å². The number of likely N-dealkylation sites (tertiary alicyclic amines) is 1. The number of benzene rings is 1. The topological polar surface area (TPSA) is 75.4 Å². The van der Waals surface area contributed by atoms with Gasteiger partial charge in [0.1, 0.15) is 0 Å². The van der Waals surface area contributed by atoms with Gasteiger partial charge in [-0.1, -0.05) is 13.8 Å². The van der Waals surface area contributed by atoms with Crippen LogP contribution in [0.1, 0.15) is 30.6 Å². The second kappa shape index (κ2) is 6.05. The highest BCUT2D eigenvalue weighted by molar-refractivity contribution is 5.96. The zero-order valence-electron chi connectivity index (χ0n) is 11.9. The van der Waals surface area contributed by atoms with Crippen LogP contribution in [0.2, 0.25) is 0 Å². The zero-order chi connectivity index (χ0) is 14.7. The SMILES string of the molecule is CC(C)C(=O)Nc1ccc(C(=O)N2CC[C@@H](N)C2)cc1. The van der Waals surface area contributed by atoms with Gasteiger partial charge in [0.15, 0.2) is 0 Å². The average Bonchev–Trinajstić information content (AvgIpc) is 2.85. The summed E-state index contributed by atoms with van der Waals surface area (Å²) < 4.78 is 0. The zero-order valence-corrected chi connectivity index (χ0v) is 11.9. The fraction of sp³-hybridized carbons (Fsp3) is 0.467. The number of nitrogens with two attached hydrogens (primary N) is 1. The van der Waals surface area contributed by atoms with Crippen molar-refractivity contribution in [1.29, 1.82) is 0 Å². The molecule has 1 aliphatic rings. The average molecular weight is 275 g/mol. The van der Waals surface area contributed by atoms with Crippen LogP contribution in [0.5, 0.6) is 0 Å². The molecule has 1 aromatic carbocycles. The van der Waals surface area contributed by atoms with Crippen LogP contribution < -0.4 is 11.1 Å². The molecule has 108 valence electrons. The van der Waals surface area contributed by atoms with Crippen molar-refractivity contribution in [3.63, 3.8) is 0 Å². The van der Waals surface area contributed by atoms with Gasteiger partial charge in [-0.15, -0.1) is 0 Å². The van der Waals surface area contributed by atoms with Crippen LogP contribution in [0.4, 0.5) is 5.69 Å². The molecular weight excluding hydrogens is 254 g/mol. The van der Waals surface area contributed by atoms with E-state index >= 15 is 0 Å². The van der Waals surface area contributed by atoms with Crippen LogP contribution in [0.25, 0.3) is 0 Å². The van der Waals surface area contributed by atoms with E-state index < -0.39 is 0 Å². The Morgan fingerprint density at radius 3 is 2.45 bits per heavy atom. The maximum Gasteiger partial charge on any atom is 0.253 e. The van der Waals surface area contributed by atoms with Gasteiger partial charge in [0.2, 0.25) is 5.91 Å². The summed E-state index contributed by atoms with van der Waals surface area (Å²) in [5, 5.41) is 2.80. The highest BCUT2D eigenvalue weighted by atomic mass is 16.2. The van der Waals surface area contributed by atoms with Crippen LogP contribution in [-0.2, 0) is 4.79 Å². The number of carbonyl (C=O) groups is 2. The van der Waals surface area contributed by atoms with E-state index in [9.17, 15) is 9.59 Å². The van der Waals surface area contributed by atoms with Crippen molar-refractivity contribution in [3.05, 3.63) is 29.8 Å². The minimum absolute atomic E-state index is 0.000291. The number of carbonyl (C=O) groups excluding carboxylic acids is 2. The molecule has 1 atom stereocenters. The first-order chi connectivity index (χ1) is 9.47. The van der Waals surface area contributed by atoms with Crippen molar-refractivity contribution < 1.29 is 9.59 Å². The van der Waals surface area contributed by atoms with Crippen LogP contribution in [-0.4, -0.2) is 35.8 Å². The molecule has 5 nitrogen and oxygen atoms in total. The number of anilines is 1. The van der Waals surface area contributed by atoms with Crippen molar-refractivity contribution in [3.8, 4) is 0 Å². The van der Waals surface area contributed by atoms with Crippen LogP contribution >= 0.6 is 0 Å². The summed E-state index contributed by atoms with van der Waals surface area (Å²) in [6, 6.07) is 7.07. The summed E-state index contributed by atoms with van der Waals surface area (Å²) in [6.45, 7) is 5.00. The molecule has 2 amide bonds. The third-order valence-corrected chi connectivity index (χ3v) is 3.44. The standard InChI is InChI=1S/C15H21N3O2/c1-10(2)14(19)17-13-5-3-11(4-6-13)15(20)18-8-7-12(16)9-18/h3-6,10,12H,7-9,16H2,1-2H3,(H,17,19)/t12-/m1/s1. The summed E-state index contributed by atoms with van der Waals surface area (Å²) in [6.07, 6.45) is 0.855. The Morgan fingerprint density at radius 2 is 1.95 bits per heavy atom. The van der Waals surface area contributed by atoms with E-state index in [2.05, 4.69) is 5.32 Å². The third-order valence-electron chi connectivity index (χ3n) is 3.44. The van der Waals surface area contributed by atoms with Crippen molar-refractivity contribution in [1.82, 2.24) is 4.90 Å². The van der Waals surface area contributed by atoms with Gasteiger partial charge in [-0.3, -0.25) is 9.59 Å². The number of rotatable bonds is 3. The van der Waals surface area contributed by atoms with Crippen LogP contribution in [0.3, 0.4) is 0 Å². The van der Waals surface area contributed by atoms with Gasteiger partial charge in [-0.2, -0.15) is 0 Å². The highest BCUT2D eigenvalue weighted by Crippen LogP contribution is 2.15. The Bertz CT molecular complexity index is 496. The molecule has 0 aliphatic carbocycles. The first-order valence-corrected chi connectivity index (χ1v) is 6.93. The molecule has 1 fully saturated rings. The lowest BCUT2D eigenvalue weighted by Crippen LogP contribution is -2.31. The molecule has 0 unspecified atom stereocenters. The van der Waals surface area contributed by atoms with Crippen LogP contribution in [0, 0.1) is 5.92 Å². The number of hydrogen-bond acceptors (Lipinski definition) is 3.